The fourth-order valence-corrected chi connectivity index (χ4v) is 1.83. The summed E-state index contributed by atoms with van der Waals surface area (Å²) in [6.07, 6.45) is 4.05. The molecule has 0 fully saturated rings. The lowest BCUT2D eigenvalue weighted by atomic mass is 10.1. The second kappa shape index (κ2) is 8.61. The van der Waals surface area contributed by atoms with Crippen molar-refractivity contribution >= 4 is 5.91 Å². The SMILES string of the molecule is CCc1cccnc1CNC(=O)C(N)CCCOC. The van der Waals surface area contributed by atoms with Gasteiger partial charge in [0.25, 0.3) is 0 Å². The Kier molecular flexibility index (Phi) is 7.07. The Hall–Kier alpha value is -1.46. The number of ether oxygens (including phenoxy) is 1. The normalized spacial score (nSPS) is 12.2. The molecule has 0 aliphatic rings. The Morgan fingerprint density at radius 2 is 2.37 bits per heavy atom. The average Bonchev–Trinajstić information content (AvgIpc) is 2.45. The molecule has 0 spiro atoms. The smallest absolute Gasteiger partial charge is 0.237 e. The molecular formula is C14H23N3O2. The number of rotatable bonds is 8. The number of methoxy groups -OCH3 is 1. The van der Waals surface area contributed by atoms with Crippen LogP contribution in [0.4, 0.5) is 0 Å². The van der Waals surface area contributed by atoms with E-state index in [1.165, 1.54) is 0 Å². The predicted octanol–water partition coefficient (Wildman–Crippen LogP) is 1.01. The number of hydrogen-bond acceptors (Lipinski definition) is 4. The van der Waals surface area contributed by atoms with E-state index in [2.05, 4.69) is 17.2 Å². The third-order valence-corrected chi connectivity index (χ3v) is 3.00. The number of nitrogens with zero attached hydrogens (tertiary/aromatic N) is 1. The molecule has 0 aliphatic carbocycles. The first kappa shape index (κ1) is 15.6. The zero-order valence-electron chi connectivity index (χ0n) is 11.7. The van der Waals surface area contributed by atoms with E-state index < -0.39 is 6.04 Å². The lowest BCUT2D eigenvalue weighted by molar-refractivity contribution is -0.122. The summed E-state index contributed by atoms with van der Waals surface area (Å²) >= 11 is 0. The van der Waals surface area contributed by atoms with Gasteiger partial charge in [-0.3, -0.25) is 9.78 Å². The summed E-state index contributed by atoms with van der Waals surface area (Å²) in [7, 11) is 1.64. The average molecular weight is 265 g/mol. The van der Waals surface area contributed by atoms with Crippen LogP contribution in [0, 0.1) is 0 Å². The third-order valence-electron chi connectivity index (χ3n) is 3.00. The number of carbonyl (C=O) groups is 1. The van der Waals surface area contributed by atoms with Crippen LogP contribution in [0.1, 0.15) is 31.0 Å². The third kappa shape index (κ3) is 5.36. The van der Waals surface area contributed by atoms with Crippen LogP contribution in [0.5, 0.6) is 0 Å². The molecule has 5 heteroatoms. The standard InChI is InChI=1S/C14H23N3O2/c1-3-11-6-4-8-16-13(11)10-17-14(18)12(15)7-5-9-19-2/h4,6,8,12H,3,5,7,9-10,15H2,1-2H3,(H,17,18). The predicted molar refractivity (Wildman–Crippen MR) is 74.5 cm³/mol. The van der Waals surface area contributed by atoms with E-state index in [0.717, 1.165) is 24.1 Å². The maximum absolute atomic E-state index is 11.8. The zero-order valence-corrected chi connectivity index (χ0v) is 11.7. The molecule has 0 radical (unpaired) electrons. The van der Waals surface area contributed by atoms with Crippen molar-refractivity contribution < 1.29 is 9.53 Å². The number of nitrogens with two attached hydrogens (primary N) is 1. The quantitative estimate of drug-likeness (QED) is 0.688. The van der Waals surface area contributed by atoms with Crippen molar-refractivity contribution in [3.63, 3.8) is 0 Å². The Balaban J connectivity index is 2.40. The topological polar surface area (TPSA) is 77.2 Å². The number of aryl methyl sites for hydroxylation is 1. The van der Waals surface area contributed by atoms with Gasteiger partial charge in [0.05, 0.1) is 18.3 Å². The summed E-state index contributed by atoms with van der Waals surface area (Å²) in [4.78, 5) is 16.1. The molecule has 19 heavy (non-hydrogen) atoms. The molecule has 1 aromatic heterocycles. The summed E-state index contributed by atoms with van der Waals surface area (Å²) in [6, 6.07) is 3.44. The van der Waals surface area contributed by atoms with E-state index in [4.69, 9.17) is 10.5 Å². The maximum Gasteiger partial charge on any atom is 0.237 e. The van der Waals surface area contributed by atoms with Gasteiger partial charge >= 0.3 is 0 Å². The molecular weight excluding hydrogens is 242 g/mol. The van der Waals surface area contributed by atoms with Crippen LogP contribution in [-0.4, -0.2) is 30.6 Å². The highest BCUT2D eigenvalue weighted by atomic mass is 16.5. The zero-order chi connectivity index (χ0) is 14.1. The minimum absolute atomic E-state index is 0.135. The minimum Gasteiger partial charge on any atom is -0.385 e. The lowest BCUT2D eigenvalue weighted by Gasteiger charge is -2.13. The molecule has 1 rings (SSSR count). The van der Waals surface area contributed by atoms with Crippen LogP contribution in [0.15, 0.2) is 18.3 Å². The summed E-state index contributed by atoms with van der Waals surface area (Å²) in [5.41, 5.74) is 7.86. The number of amides is 1. The van der Waals surface area contributed by atoms with Gasteiger partial charge < -0.3 is 15.8 Å². The summed E-state index contributed by atoms with van der Waals surface area (Å²) in [5, 5.41) is 2.83. The Labute approximate surface area is 114 Å². The number of pyridine rings is 1. The largest absolute Gasteiger partial charge is 0.385 e. The van der Waals surface area contributed by atoms with Gasteiger partial charge in [-0.15, -0.1) is 0 Å². The molecule has 106 valence electrons. The van der Waals surface area contributed by atoms with Crippen LogP contribution in [0.25, 0.3) is 0 Å². The van der Waals surface area contributed by atoms with Gasteiger partial charge in [0.15, 0.2) is 0 Å². The molecule has 0 aliphatic heterocycles. The first-order valence-corrected chi connectivity index (χ1v) is 6.64. The van der Waals surface area contributed by atoms with Crippen molar-refractivity contribution in [2.24, 2.45) is 5.73 Å². The summed E-state index contributed by atoms with van der Waals surface area (Å²) in [5.74, 6) is -0.135. The fraction of sp³-hybridized carbons (Fsp3) is 0.571. The van der Waals surface area contributed by atoms with E-state index in [1.807, 2.05) is 12.1 Å². The highest BCUT2D eigenvalue weighted by molar-refractivity contribution is 5.81. The highest BCUT2D eigenvalue weighted by Crippen LogP contribution is 2.05. The molecule has 1 unspecified atom stereocenters. The lowest BCUT2D eigenvalue weighted by Crippen LogP contribution is -2.40. The summed E-state index contributed by atoms with van der Waals surface area (Å²) < 4.78 is 4.93. The van der Waals surface area contributed by atoms with Gasteiger partial charge in [0.1, 0.15) is 0 Å². The molecule has 0 aromatic carbocycles. The van der Waals surface area contributed by atoms with Crippen LogP contribution in [-0.2, 0) is 22.5 Å². The number of hydrogen-bond donors (Lipinski definition) is 2. The molecule has 1 amide bonds. The van der Waals surface area contributed by atoms with Crippen molar-refractivity contribution in [3.05, 3.63) is 29.6 Å². The first-order valence-electron chi connectivity index (χ1n) is 6.64. The summed E-state index contributed by atoms with van der Waals surface area (Å²) in [6.45, 7) is 3.13. The Morgan fingerprint density at radius 3 is 3.05 bits per heavy atom. The van der Waals surface area contributed by atoms with Crippen molar-refractivity contribution in [3.8, 4) is 0 Å². The van der Waals surface area contributed by atoms with Crippen molar-refractivity contribution in [2.75, 3.05) is 13.7 Å². The highest BCUT2D eigenvalue weighted by Gasteiger charge is 2.13. The molecule has 1 atom stereocenters. The first-order chi connectivity index (χ1) is 9.19. The minimum atomic E-state index is -0.482. The maximum atomic E-state index is 11.8. The number of aromatic nitrogens is 1. The molecule has 0 saturated heterocycles. The van der Waals surface area contributed by atoms with E-state index in [1.54, 1.807) is 13.3 Å². The van der Waals surface area contributed by atoms with E-state index in [0.29, 0.717) is 19.6 Å². The molecule has 5 nitrogen and oxygen atoms in total. The van der Waals surface area contributed by atoms with Crippen molar-refractivity contribution in [1.29, 1.82) is 0 Å². The van der Waals surface area contributed by atoms with Gasteiger partial charge in [-0.2, -0.15) is 0 Å². The van der Waals surface area contributed by atoms with E-state index in [-0.39, 0.29) is 5.91 Å². The van der Waals surface area contributed by atoms with Crippen molar-refractivity contribution in [2.45, 2.75) is 38.8 Å². The molecule has 1 aromatic rings. The number of carbonyl (C=O) groups excluding carboxylic acids is 1. The van der Waals surface area contributed by atoms with Crippen molar-refractivity contribution in [1.82, 2.24) is 10.3 Å². The van der Waals surface area contributed by atoms with Crippen LogP contribution in [0.2, 0.25) is 0 Å². The monoisotopic (exact) mass is 265 g/mol. The molecule has 1 heterocycles. The fourth-order valence-electron chi connectivity index (χ4n) is 1.83. The molecule has 0 saturated carbocycles. The van der Waals surface area contributed by atoms with E-state index >= 15 is 0 Å². The van der Waals surface area contributed by atoms with Crippen LogP contribution >= 0.6 is 0 Å². The molecule has 0 bridgehead atoms. The van der Waals surface area contributed by atoms with Gasteiger partial charge in [0, 0.05) is 19.9 Å². The van der Waals surface area contributed by atoms with E-state index in [9.17, 15) is 4.79 Å². The van der Waals surface area contributed by atoms with Gasteiger partial charge in [-0.25, -0.2) is 0 Å². The number of nitrogens with one attached hydrogen (secondary N) is 1. The second-order valence-electron chi connectivity index (χ2n) is 4.42. The van der Waals surface area contributed by atoms with Gasteiger partial charge in [0.2, 0.25) is 5.91 Å². The van der Waals surface area contributed by atoms with Gasteiger partial charge in [-0.1, -0.05) is 13.0 Å². The Bertz CT molecular complexity index is 396. The second-order valence-corrected chi connectivity index (χ2v) is 4.42. The van der Waals surface area contributed by atoms with Crippen LogP contribution < -0.4 is 11.1 Å². The van der Waals surface area contributed by atoms with Crippen LogP contribution in [0.3, 0.4) is 0 Å². The Morgan fingerprint density at radius 1 is 1.58 bits per heavy atom. The van der Waals surface area contributed by atoms with Gasteiger partial charge in [-0.05, 0) is 30.9 Å². The molecule has 3 N–H and O–H groups in total.